The van der Waals surface area contributed by atoms with E-state index in [1.54, 1.807) is 30.4 Å². The average Bonchev–Trinajstić information content (AvgIpc) is 2.98. The largest absolute Gasteiger partial charge is 0.493 e. The van der Waals surface area contributed by atoms with Crippen LogP contribution in [-0.4, -0.2) is 62.4 Å². The number of aliphatic imine (C=N–C) groups is 1. The number of ether oxygens (including phenoxy) is 3. The number of amides is 2. The van der Waals surface area contributed by atoms with E-state index in [9.17, 15) is 9.59 Å². The molecule has 8 heteroatoms. The van der Waals surface area contributed by atoms with Crippen molar-refractivity contribution in [3.05, 3.63) is 17.7 Å². The molecular weight excluding hydrogens is 338 g/mol. The van der Waals surface area contributed by atoms with Gasteiger partial charge in [0, 0.05) is 31.9 Å². The van der Waals surface area contributed by atoms with Gasteiger partial charge in [0.15, 0.2) is 11.5 Å². The van der Waals surface area contributed by atoms with E-state index in [1.165, 1.54) is 7.11 Å². The molecule has 1 saturated heterocycles. The smallest absolute Gasteiger partial charge is 0.256 e. The summed E-state index contributed by atoms with van der Waals surface area (Å²) in [7, 11) is 3.07. The summed E-state index contributed by atoms with van der Waals surface area (Å²) in [6, 6.07) is 3.13. The van der Waals surface area contributed by atoms with Crippen molar-refractivity contribution in [2.45, 2.75) is 31.4 Å². The standard InChI is InChI=1S/C18H23N3O5/c1-24-15-8-11-12(9-16(15)25-2)20-10-13-14(5-6-21(13)18(11)23)26-7-3-4-17(19)22/h8-10,13-14H,3-7H2,1-2H3,(H2,19,22)/t13-,14+/m1/s1. The van der Waals surface area contributed by atoms with E-state index in [2.05, 4.69) is 4.99 Å². The van der Waals surface area contributed by atoms with Crippen molar-refractivity contribution >= 4 is 23.7 Å². The maximum atomic E-state index is 13.0. The number of hydrogen-bond donors (Lipinski definition) is 1. The number of rotatable bonds is 7. The second-order valence-electron chi connectivity index (χ2n) is 6.26. The van der Waals surface area contributed by atoms with Crippen LogP contribution in [0.25, 0.3) is 0 Å². The first kappa shape index (κ1) is 18.2. The SMILES string of the molecule is COc1cc2c(cc1OC)C(=O)N1CC[C@H](OCCCC(N)=O)[C@H]1C=N2. The summed E-state index contributed by atoms with van der Waals surface area (Å²) in [4.78, 5) is 30.1. The number of nitrogens with zero attached hydrogens (tertiary/aromatic N) is 2. The minimum absolute atomic E-state index is 0.105. The Kier molecular flexibility index (Phi) is 5.41. The molecule has 0 aliphatic carbocycles. The fourth-order valence-electron chi connectivity index (χ4n) is 3.32. The van der Waals surface area contributed by atoms with Crippen LogP contribution in [0.1, 0.15) is 29.6 Å². The molecule has 140 valence electrons. The minimum Gasteiger partial charge on any atom is -0.493 e. The van der Waals surface area contributed by atoms with E-state index in [-0.39, 0.29) is 24.0 Å². The topological polar surface area (TPSA) is 103 Å². The summed E-state index contributed by atoms with van der Waals surface area (Å²) in [5.41, 5.74) is 6.17. The fourth-order valence-corrected chi connectivity index (χ4v) is 3.32. The molecular formula is C18H23N3O5. The molecule has 0 unspecified atom stereocenters. The van der Waals surface area contributed by atoms with Crippen LogP contribution in [0.2, 0.25) is 0 Å². The lowest BCUT2D eigenvalue weighted by molar-refractivity contribution is -0.118. The van der Waals surface area contributed by atoms with Gasteiger partial charge in [-0.25, -0.2) is 0 Å². The van der Waals surface area contributed by atoms with Crippen LogP contribution >= 0.6 is 0 Å². The van der Waals surface area contributed by atoms with Crippen LogP contribution in [0.5, 0.6) is 11.5 Å². The Morgan fingerprint density at radius 3 is 2.73 bits per heavy atom. The summed E-state index contributed by atoms with van der Waals surface area (Å²) in [5.74, 6) is 0.571. The molecule has 1 fully saturated rings. The predicted octanol–water partition coefficient (Wildman–Crippen LogP) is 1.28. The molecule has 1 aromatic rings. The minimum atomic E-state index is -0.341. The Morgan fingerprint density at radius 1 is 1.31 bits per heavy atom. The van der Waals surface area contributed by atoms with Crippen LogP contribution < -0.4 is 15.2 Å². The monoisotopic (exact) mass is 361 g/mol. The highest BCUT2D eigenvalue weighted by molar-refractivity contribution is 6.03. The first-order valence-corrected chi connectivity index (χ1v) is 8.56. The van der Waals surface area contributed by atoms with Crippen molar-refractivity contribution in [1.82, 2.24) is 4.90 Å². The van der Waals surface area contributed by atoms with Gasteiger partial charge < -0.3 is 24.8 Å². The molecule has 2 atom stereocenters. The van der Waals surface area contributed by atoms with E-state index in [0.717, 1.165) is 6.42 Å². The van der Waals surface area contributed by atoms with Crippen LogP contribution in [0.15, 0.2) is 17.1 Å². The van der Waals surface area contributed by atoms with Crippen LogP contribution in [0, 0.1) is 0 Å². The molecule has 2 aliphatic rings. The normalized spacial score (nSPS) is 21.2. The second-order valence-corrected chi connectivity index (χ2v) is 6.26. The lowest BCUT2D eigenvalue weighted by Gasteiger charge is -2.23. The summed E-state index contributed by atoms with van der Waals surface area (Å²) < 4.78 is 16.5. The molecule has 0 saturated carbocycles. The number of methoxy groups -OCH3 is 2. The third-order valence-electron chi connectivity index (χ3n) is 4.65. The molecule has 3 rings (SSSR count). The van der Waals surface area contributed by atoms with Crippen molar-refractivity contribution in [2.24, 2.45) is 10.7 Å². The molecule has 0 radical (unpaired) electrons. The summed E-state index contributed by atoms with van der Waals surface area (Å²) in [6.45, 7) is 1.01. The maximum Gasteiger partial charge on any atom is 0.256 e. The van der Waals surface area contributed by atoms with Gasteiger partial charge in [-0.1, -0.05) is 0 Å². The van der Waals surface area contributed by atoms with Gasteiger partial charge in [0.25, 0.3) is 5.91 Å². The average molecular weight is 361 g/mol. The van der Waals surface area contributed by atoms with Gasteiger partial charge in [0.2, 0.25) is 5.91 Å². The van der Waals surface area contributed by atoms with Gasteiger partial charge in [-0.3, -0.25) is 14.6 Å². The van der Waals surface area contributed by atoms with Gasteiger partial charge in [0.05, 0.1) is 37.6 Å². The zero-order valence-electron chi connectivity index (χ0n) is 14.9. The third kappa shape index (κ3) is 3.50. The molecule has 0 spiro atoms. The quantitative estimate of drug-likeness (QED) is 0.737. The number of nitrogens with two attached hydrogens (primary N) is 1. The molecule has 2 N–H and O–H groups in total. The first-order chi connectivity index (χ1) is 12.5. The molecule has 2 heterocycles. The Balaban J connectivity index is 1.78. The van der Waals surface area contributed by atoms with Crippen molar-refractivity contribution in [2.75, 3.05) is 27.4 Å². The predicted molar refractivity (Wildman–Crippen MR) is 95.3 cm³/mol. The lowest BCUT2D eigenvalue weighted by Crippen LogP contribution is -2.40. The molecule has 0 aromatic heterocycles. The molecule has 0 bridgehead atoms. The Labute approximate surface area is 151 Å². The van der Waals surface area contributed by atoms with Gasteiger partial charge in [-0.15, -0.1) is 0 Å². The molecule has 1 aromatic carbocycles. The molecule has 2 aliphatic heterocycles. The highest BCUT2D eigenvalue weighted by Gasteiger charge is 2.39. The zero-order chi connectivity index (χ0) is 18.7. The summed E-state index contributed by atoms with van der Waals surface area (Å²) in [5, 5.41) is 0. The number of benzene rings is 1. The van der Waals surface area contributed by atoms with E-state index in [4.69, 9.17) is 19.9 Å². The Hall–Kier alpha value is -2.61. The van der Waals surface area contributed by atoms with E-state index >= 15 is 0 Å². The highest BCUT2D eigenvalue weighted by Crippen LogP contribution is 2.38. The Bertz CT molecular complexity index is 734. The second kappa shape index (κ2) is 7.74. The van der Waals surface area contributed by atoms with Crippen molar-refractivity contribution < 1.29 is 23.8 Å². The van der Waals surface area contributed by atoms with E-state index < -0.39 is 0 Å². The third-order valence-corrected chi connectivity index (χ3v) is 4.65. The number of carbonyl (C=O) groups excluding carboxylic acids is 2. The van der Waals surface area contributed by atoms with Crippen molar-refractivity contribution in [3.63, 3.8) is 0 Å². The number of primary amides is 1. The molecule has 2 amide bonds. The van der Waals surface area contributed by atoms with Crippen molar-refractivity contribution in [1.29, 1.82) is 0 Å². The van der Waals surface area contributed by atoms with Gasteiger partial charge in [0.1, 0.15) is 0 Å². The van der Waals surface area contributed by atoms with Crippen LogP contribution in [0.4, 0.5) is 5.69 Å². The van der Waals surface area contributed by atoms with Crippen molar-refractivity contribution in [3.8, 4) is 11.5 Å². The highest BCUT2D eigenvalue weighted by atomic mass is 16.5. The van der Waals surface area contributed by atoms with Gasteiger partial charge >= 0.3 is 0 Å². The van der Waals surface area contributed by atoms with Gasteiger partial charge in [-0.05, 0) is 18.9 Å². The summed E-state index contributed by atoms with van der Waals surface area (Å²) in [6.07, 6.45) is 3.19. The van der Waals surface area contributed by atoms with E-state index in [0.29, 0.717) is 48.7 Å². The molecule has 8 nitrogen and oxygen atoms in total. The zero-order valence-corrected chi connectivity index (χ0v) is 14.9. The first-order valence-electron chi connectivity index (χ1n) is 8.56. The fraction of sp³-hybridized carbons (Fsp3) is 0.500. The lowest BCUT2D eigenvalue weighted by atomic mass is 10.1. The number of carbonyl (C=O) groups is 2. The summed E-state index contributed by atoms with van der Waals surface area (Å²) >= 11 is 0. The number of fused-ring (bicyclic) bond motifs is 2. The van der Waals surface area contributed by atoms with E-state index in [1.807, 2.05) is 0 Å². The number of hydrogen-bond acceptors (Lipinski definition) is 6. The van der Waals surface area contributed by atoms with Crippen LogP contribution in [-0.2, 0) is 9.53 Å². The van der Waals surface area contributed by atoms with Crippen LogP contribution in [0.3, 0.4) is 0 Å². The Morgan fingerprint density at radius 2 is 2.04 bits per heavy atom. The van der Waals surface area contributed by atoms with Gasteiger partial charge in [-0.2, -0.15) is 0 Å². The maximum absolute atomic E-state index is 13.0. The molecule has 26 heavy (non-hydrogen) atoms.